The minimum absolute atomic E-state index is 0.873. The molecular weight excluding hydrogens is 260 g/mol. The van der Waals surface area contributed by atoms with Gasteiger partial charge in [0.15, 0.2) is 5.82 Å². The van der Waals surface area contributed by atoms with E-state index in [0.29, 0.717) is 0 Å². The molecular formula is C17H18N4. The van der Waals surface area contributed by atoms with Gasteiger partial charge in [0.05, 0.1) is 0 Å². The van der Waals surface area contributed by atoms with Gasteiger partial charge in [-0.3, -0.25) is 0 Å². The molecule has 106 valence electrons. The maximum atomic E-state index is 4.19. The Hall–Kier alpha value is -2.62. The van der Waals surface area contributed by atoms with E-state index in [0.717, 1.165) is 30.0 Å². The van der Waals surface area contributed by atoms with Crippen LogP contribution in [0.2, 0.25) is 0 Å². The van der Waals surface area contributed by atoms with Gasteiger partial charge in [0.1, 0.15) is 6.33 Å². The Kier molecular flexibility index (Phi) is 3.96. The van der Waals surface area contributed by atoms with Crippen molar-refractivity contribution >= 4 is 5.69 Å². The summed E-state index contributed by atoms with van der Waals surface area (Å²) in [4.78, 5) is 0. The number of para-hydroxylation sites is 1. The Labute approximate surface area is 124 Å². The van der Waals surface area contributed by atoms with Gasteiger partial charge in [0.25, 0.3) is 0 Å². The Bertz CT molecular complexity index is 704. The van der Waals surface area contributed by atoms with E-state index in [-0.39, 0.29) is 0 Å². The molecule has 0 saturated heterocycles. The molecule has 0 amide bonds. The monoisotopic (exact) mass is 278 g/mol. The number of nitrogens with one attached hydrogen (secondary N) is 1. The molecule has 4 heteroatoms. The third-order valence-corrected chi connectivity index (χ3v) is 3.45. The van der Waals surface area contributed by atoms with Gasteiger partial charge in [-0.25, -0.2) is 0 Å². The second kappa shape index (κ2) is 6.22. The van der Waals surface area contributed by atoms with Crippen molar-refractivity contribution in [1.29, 1.82) is 0 Å². The summed E-state index contributed by atoms with van der Waals surface area (Å²) < 4.78 is 1.93. The Balaban J connectivity index is 1.73. The average molecular weight is 278 g/mol. The lowest BCUT2D eigenvalue weighted by atomic mass is 10.1. The van der Waals surface area contributed by atoms with E-state index in [4.69, 9.17) is 0 Å². The highest BCUT2D eigenvalue weighted by atomic mass is 15.2. The first-order valence-electron chi connectivity index (χ1n) is 7.06. The van der Waals surface area contributed by atoms with Gasteiger partial charge < -0.3 is 9.88 Å². The van der Waals surface area contributed by atoms with E-state index >= 15 is 0 Å². The van der Waals surface area contributed by atoms with Gasteiger partial charge in [0, 0.05) is 24.8 Å². The Morgan fingerprint density at radius 3 is 2.52 bits per heavy atom. The highest BCUT2D eigenvalue weighted by Crippen LogP contribution is 2.25. The second-order valence-electron chi connectivity index (χ2n) is 4.97. The predicted molar refractivity (Wildman–Crippen MR) is 85.1 cm³/mol. The number of benzene rings is 2. The lowest BCUT2D eigenvalue weighted by molar-refractivity contribution is 0.919. The summed E-state index contributed by atoms with van der Waals surface area (Å²) in [6.45, 7) is 0.888. The molecule has 0 saturated carbocycles. The number of aromatic nitrogens is 3. The van der Waals surface area contributed by atoms with Crippen molar-refractivity contribution in [3.63, 3.8) is 0 Å². The van der Waals surface area contributed by atoms with E-state index < -0.39 is 0 Å². The van der Waals surface area contributed by atoms with Crippen LogP contribution >= 0.6 is 0 Å². The zero-order chi connectivity index (χ0) is 14.5. The topological polar surface area (TPSA) is 42.7 Å². The zero-order valence-electron chi connectivity index (χ0n) is 12.0. The molecule has 0 atom stereocenters. The largest absolute Gasteiger partial charge is 0.384 e. The fourth-order valence-corrected chi connectivity index (χ4v) is 2.35. The number of anilines is 1. The van der Waals surface area contributed by atoms with Gasteiger partial charge in [-0.15, -0.1) is 10.2 Å². The third kappa shape index (κ3) is 3.11. The quantitative estimate of drug-likeness (QED) is 0.779. The van der Waals surface area contributed by atoms with Crippen LogP contribution in [0.4, 0.5) is 5.69 Å². The maximum Gasteiger partial charge on any atom is 0.165 e. The fraction of sp³-hybridized carbons (Fsp3) is 0.176. The molecule has 3 rings (SSSR count). The van der Waals surface area contributed by atoms with Gasteiger partial charge in [-0.2, -0.15) is 0 Å². The van der Waals surface area contributed by atoms with Crippen LogP contribution in [-0.4, -0.2) is 21.3 Å². The Morgan fingerprint density at radius 1 is 1.00 bits per heavy atom. The van der Waals surface area contributed by atoms with E-state index in [1.165, 1.54) is 5.56 Å². The molecule has 0 aliphatic carbocycles. The van der Waals surface area contributed by atoms with Crippen molar-refractivity contribution in [3.8, 4) is 11.4 Å². The molecule has 0 unspecified atom stereocenters. The molecule has 2 aromatic carbocycles. The van der Waals surface area contributed by atoms with Gasteiger partial charge in [0.2, 0.25) is 0 Å². The van der Waals surface area contributed by atoms with Crippen molar-refractivity contribution in [3.05, 3.63) is 66.5 Å². The molecule has 1 N–H and O–H groups in total. The summed E-state index contributed by atoms with van der Waals surface area (Å²) in [7, 11) is 1.95. The fourth-order valence-electron chi connectivity index (χ4n) is 2.35. The standard InChI is InChI=1S/C17H18N4/c1-21-13-19-20-17(21)15-9-5-6-10-16(15)18-12-11-14-7-3-2-4-8-14/h2-10,13,18H,11-12H2,1H3. The first kappa shape index (κ1) is 13.4. The number of nitrogens with zero attached hydrogens (tertiary/aromatic N) is 3. The summed E-state index contributed by atoms with van der Waals surface area (Å²) in [5, 5.41) is 11.6. The SMILES string of the molecule is Cn1cnnc1-c1ccccc1NCCc1ccccc1. The molecule has 0 radical (unpaired) electrons. The molecule has 3 aromatic rings. The van der Waals surface area contributed by atoms with E-state index in [9.17, 15) is 0 Å². The first-order valence-corrected chi connectivity index (χ1v) is 7.06. The highest BCUT2D eigenvalue weighted by Gasteiger charge is 2.09. The number of rotatable bonds is 5. The van der Waals surface area contributed by atoms with Gasteiger partial charge in [-0.05, 0) is 24.1 Å². The molecule has 1 heterocycles. The van der Waals surface area contributed by atoms with Crippen molar-refractivity contribution in [2.24, 2.45) is 7.05 Å². The molecule has 0 aliphatic heterocycles. The average Bonchev–Trinajstić information content (AvgIpc) is 2.95. The van der Waals surface area contributed by atoms with Crippen LogP contribution in [0, 0.1) is 0 Å². The summed E-state index contributed by atoms with van der Waals surface area (Å²) >= 11 is 0. The number of hydrogen-bond donors (Lipinski definition) is 1. The molecule has 0 fully saturated rings. The molecule has 0 aliphatic rings. The number of hydrogen-bond acceptors (Lipinski definition) is 3. The number of aryl methyl sites for hydroxylation is 1. The van der Waals surface area contributed by atoms with Crippen LogP contribution < -0.4 is 5.32 Å². The van der Waals surface area contributed by atoms with Gasteiger partial charge >= 0.3 is 0 Å². The summed E-state index contributed by atoms with van der Waals surface area (Å²) in [6.07, 6.45) is 2.71. The summed E-state index contributed by atoms with van der Waals surface area (Å²) in [6, 6.07) is 18.7. The minimum Gasteiger partial charge on any atom is -0.384 e. The van der Waals surface area contributed by atoms with E-state index in [1.807, 2.05) is 29.8 Å². The van der Waals surface area contributed by atoms with E-state index in [2.05, 4.69) is 51.9 Å². The van der Waals surface area contributed by atoms with Crippen molar-refractivity contribution < 1.29 is 0 Å². The molecule has 4 nitrogen and oxygen atoms in total. The molecule has 0 spiro atoms. The first-order chi connectivity index (χ1) is 10.3. The lowest BCUT2D eigenvalue weighted by Gasteiger charge is -2.11. The highest BCUT2D eigenvalue weighted by molar-refractivity contribution is 5.73. The lowest BCUT2D eigenvalue weighted by Crippen LogP contribution is -2.06. The van der Waals surface area contributed by atoms with Crippen LogP contribution in [0.15, 0.2) is 60.9 Å². The smallest absolute Gasteiger partial charge is 0.165 e. The molecule has 1 aromatic heterocycles. The molecule has 21 heavy (non-hydrogen) atoms. The normalized spacial score (nSPS) is 10.5. The third-order valence-electron chi connectivity index (χ3n) is 3.45. The zero-order valence-corrected chi connectivity index (χ0v) is 12.0. The van der Waals surface area contributed by atoms with Crippen molar-refractivity contribution in [2.75, 3.05) is 11.9 Å². The van der Waals surface area contributed by atoms with Crippen LogP contribution in [-0.2, 0) is 13.5 Å². The van der Waals surface area contributed by atoms with Crippen LogP contribution in [0.5, 0.6) is 0 Å². The van der Waals surface area contributed by atoms with Crippen LogP contribution in [0.1, 0.15) is 5.56 Å². The molecule has 0 bridgehead atoms. The maximum absolute atomic E-state index is 4.19. The minimum atomic E-state index is 0.873. The second-order valence-corrected chi connectivity index (χ2v) is 4.97. The summed E-state index contributed by atoms with van der Waals surface area (Å²) in [5.41, 5.74) is 3.50. The van der Waals surface area contributed by atoms with Crippen LogP contribution in [0.25, 0.3) is 11.4 Å². The van der Waals surface area contributed by atoms with E-state index in [1.54, 1.807) is 6.33 Å². The van der Waals surface area contributed by atoms with Crippen molar-refractivity contribution in [2.45, 2.75) is 6.42 Å². The van der Waals surface area contributed by atoms with Crippen molar-refractivity contribution in [1.82, 2.24) is 14.8 Å². The predicted octanol–water partition coefficient (Wildman–Crippen LogP) is 3.14. The van der Waals surface area contributed by atoms with Crippen LogP contribution in [0.3, 0.4) is 0 Å². The Morgan fingerprint density at radius 2 is 1.76 bits per heavy atom. The summed E-state index contributed by atoms with van der Waals surface area (Å²) in [5.74, 6) is 0.873. The van der Waals surface area contributed by atoms with Gasteiger partial charge in [-0.1, -0.05) is 42.5 Å².